The summed E-state index contributed by atoms with van der Waals surface area (Å²) in [6.45, 7) is 2.08. The van der Waals surface area contributed by atoms with Crippen molar-refractivity contribution in [2.45, 2.75) is 13.3 Å². The molecule has 0 fully saturated rings. The van der Waals surface area contributed by atoms with E-state index in [2.05, 4.69) is 15.9 Å². The van der Waals surface area contributed by atoms with Crippen LogP contribution in [0.1, 0.15) is 22.3 Å². The first-order chi connectivity index (χ1) is 6.57. The molecule has 0 aromatic heterocycles. The molecule has 3 nitrogen and oxygen atoms in total. The average Bonchev–Trinajstić information content (AvgIpc) is 2.13. The topological polar surface area (TPSA) is 63.3 Å². The molecule has 1 aromatic carbocycles. The van der Waals surface area contributed by atoms with Crippen molar-refractivity contribution in [2.24, 2.45) is 5.73 Å². The largest absolute Gasteiger partial charge is 0.506 e. The van der Waals surface area contributed by atoms with Crippen LogP contribution in [-0.4, -0.2) is 17.4 Å². The van der Waals surface area contributed by atoms with E-state index in [0.717, 1.165) is 5.56 Å². The third kappa shape index (κ3) is 2.13. The highest BCUT2D eigenvalue weighted by atomic mass is 79.9. The number of phenolic OH excluding ortho intramolecular Hbond substituents is 1. The first-order valence-electron chi connectivity index (χ1n) is 4.29. The monoisotopic (exact) mass is 257 g/mol. The Morgan fingerprint density at radius 3 is 2.79 bits per heavy atom. The Morgan fingerprint density at radius 2 is 2.21 bits per heavy atom. The van der Waals surface area contributed by atoms with Crippen molar-refractivity contribution in [1.82, 2.24) is 0 Å². The Hall–Kier alpha value is -0.870. The fourth-order valence-electron chi connectivity index (χ4n) is 1.27. The maximum absolute atomic E-state index is 11.6. The van der Waals surface area contributed by atoms with E-state index in [-0.39, 0.29) is 18.0 Å². The minimum Gasteiger partial charge on any atom is -0.506 e. The molecule has 0 saturated heterocycles. The van der Waals surface area contributed by atoms with Crippen molar-refractivity contribution in [3.8, 4) is 5.75 Å². The van der Waals surface area contributed by atoms with E-state index in [0.29, 0.717) is 16.6 Å². The first-order valence-corrected chi connectivity index (χ1v) is 5.08. The fraction of sp³-hybridized carbons (Fsp3) is 0.300. The Balaban J connectivity index is 3.18. The molecule has 1 aromatic rings. The van der Waals surface area contributed by atoms with Crippen LogP contribution in [0.5, 0.6) is 5.75 Å². The summed E-state index contributed by atoms with van der Waals surface area (Å²) < 4.78 is 0.531. The van der Waals surface area contributed by atoms with Crippen LogP contribution < -0.4 is 5.73 Å². The van der Waals surface area contributed by atoms with Gasteiger partial charge in [-0.1, -0.05) is 6.07 Å². The van der Waals surface area contributed by atoms with Crippen LogP contribution >= 0.6 is 15.9 Å². The van der Waals surface area contributed by atoms with E-state index in [1.807, 2.05) is 0 Å². The van der Waals surface area contributed by atoms with Crippen LogP contribution in [0.2, 0.25) is 0 Å². The van der Waals surface area contributed by atoms with Gasteiger partial charge < -0.3 is 10.8 Å². The van der Waals surface area contributed by atoms with Crippen molar-refractivity contribution >= 4 is 21.7 Å². The lowest BCUT2D eigenvalue weighted by atomic mass is 10.0. The van der Waals surface area contributed by atoms with Gasteiger partial charge in [0.1, 0.15) is 5.75 Å². The third-order valence-corrected chi connectivity index (χ3v) is 2.63. The Labute approximate surface area is 91.1 Å². The van der Waals surface area contributed by atoms with E-state index in [1.165, 1.54) is 0 Å². The molecule has 0 radical (unpaired) electrons. The molecule has 0 aliphatic rings. The van der Waals surface area contributed by atoms with Gasteiger partial charge in [0.25, 0.3) is 0 Å². The second-order valence-corrected chi connectivity index (χ2v) is 3.90. The molecule has 1 rings (SSSR count). The number of hydrogen-bond donors (Lipinski definition) is 2. The molecule has 4 heteroatoms. The lowest BCUT2D eigenvalue weighted by Gasteiger charge is -2.08. The van der Waals surface area contributed by atoms with Crippen LogP contribution in [-0.2, 0) is 0 Å². The number of nitrogens with two attached hydrogens (primary N) is 1. The molecule has 0 saturated carbocycles. The van der Waals surface area contributed by atoms with Gasteiger partial charge in [0.2, 0.25) is 0 Å². The zero-order chi connectivity index (χ0) is 10.7. The molecule has 0 unspecified atom stereocenters. The number of carbonyl (C=O) groups is 1. The van der Waals surface area contributed by atoms with Crippen molar-refractivity contribution in [3.63, 3.8) is 0 Å². The van der Waals surface area contributed by atoms with Crippen LogP contribution in [0.25, 0.3) is 0 Å². The van der Waals surface area contributed by atoms with Crippen molar-refractivity contribution in [3.05, 3.63) is 27.7 Å². The zero-order valence-corrected chi connectivity index (χ0v) is 9.47. The van der Waals surface area contributed by atoms with Gasteiger partial charge in [0.15, 0.2) is 5.78 Å². The Bertz CT molecular complexity index is 363. The molecular weight excluding hydrogens is 246 g/mol. The Kier molecular flexibility index (Phi) is 3.66. The van der Waals surface area contributed by atoms with Gasteiger partial charge >= 0.3 is 0 Å². The summed E-state index contributed by atoms with van der Waals surface area (Å²) in [4.78, 5) is 11.6. The molecule has 14 heavy (non-hydrogen) atoms. The van der Waals surface area contributed by atoms with Gasteiger partial charge in [-0.2, -0.15) is 0 Å². The third-order valence-electron chi connectivity index (χ3n) is 1.99. The number of hydrogen-bond acceptors (Lipinski definition) is 3. The number of Topliss-reactive ketones (excluding diaryl/α,β-unsaturated/α-hetero) is 1. The zero-order valence-electron chi connectivity index (χ0n) is 7.88. The van der Waals surface area contributed by atoms with Crippen molar-refractivity contribution in [1.29, 1.82) is 0 Å². The smallest absolute Gasteiger partial charge is 0.168 e. The van der Waals surface area contributed by atoms with Crippen LogP contribution in [0.15, 0.2) is 16.6 Å². The average molecular weight is 258 g/mol. The minimum atomic E-state index is -0.121. The summed E-state index contributed by atoms with van der Waals surface area (Å²) in [7, 11) is 0. The molecule has 3 N–H and O–H groups in total. The number of aromatic hydroxyl groups is 1. The lowest BCUT2D eigenvalue weighted by Crippen LogP contribution is -2.09. The number of halogens is 1. The highest BCUT2D eigenvalue weighted by Crippen LogP contribution is 2.30. The maximum Gasteiger partial charge on any atom is 0.168 e. The molecular formula is C10H12BrNO2. The van der Waals surface area contributed by atoms with Gasteiger partial charge in [-0.15, -0.1) is 0 Å². The highest BCUT2D eigenvalue weighted by Gasteiger charge is 2.15. The van der Waals surface area contributed by atoms with Gasteiger partial charge in [0.05, 0.1) is 10.0 Å². The molecule has 0 spiro atoms. The summed E-state index contributed by atoms with van der Waals surface area (Å²) in [5, 5.41) is 9.67. The maximum atomic E-state index is 11.6. The molecule has 0 bridgehead atoms. The summed E-state index contributed by atoms with van der Waals surface area (Å²) in [5.41, 5.74) is 6.42. The first kappa shape index (κ1) is 11.2. The van der Waals surface area contributed by atoms with Crippen LogP contribution in [0.3, 0.4) is 0 Å². The van der Waals surface area contributed by atoms with Gasteiger partial charge in [-0.05, 0) is 41.0 Å². The second-order valence-electron chi connectivity index (χ2n) is 3.05. The van der Waals surface area contributed by atoms with E-state index in [9.17, 15) is 9.90 Å². The van der Waals surface area contributed by atoms with Crippen LogP contribution in [0.4, 0.5) is 0 Å². The summed E-state index contributed by atoms with van der Waals surface area (Å²) in [6, 6.07) is 3.50. The quantitative estimate of drug-likeness (QED) is 0.815. The van der Waals surface area contributed by atoms with E-state index in [4.69, 9.17) is 5.73 Å². The van der Waals surface area contributed by atoms with Crippen molar-refractivity contribution in [2.75, 3.05) is 6.54 Å². The van der Waals surface area contributed by atoms with Gasteiger partial charge in [-0.25, -0.2) is 0 Å². The number of benzene rings is 1. The lowest BCUT2D eigenvalue weighted by molar-refractivity contribution is 0.0982. The summed E-state index contributed by atoms with van der Waals surface area (Å²) in [6.07, 6.45) is 0.255. The Morgan fingerprint density at radius 1 is 1.57 bits per heavy atom. The minimum absolute atomic E-state index is 0.00319. The predicted octanol–water partition coefficient (Wildman–Crippen LogP) is 1.99. The van der Waals surface area contributed by atoms with E-state index < -0.39 is 0 Å². The number of ketones is 1. The number of rotatable bonds is 3. The standard InChI is InChI=1S/C10H12BrNO2/c1-6-2-3-7(11)10(14)9(6)8(13)4-5-12/h2-3,14H,4-5,12H2,1H3. The van der Waals surface area contributed by atoms with Crippen molar-refractivity contribution < 1.29 is 9.90 Å². The number of aryl methyl sites for hydroxylation is 1. The predicted molar refractivity (Wildman–Crippen MR) is 58.5 cm³/mol. The molecule has 0 atom stereocenters. The fourth-order valence-corrected chi connectivity index (χ4v) is 1.61. The van der Waals surface area contributed by atoms with Gasteiger partial charge in [0, 0.05) is 6.42 Å². The summed E-state index contributed by atoms with van der Waals surface area (Å²) in [5.74, 6) is -0.118. The molecule has 0 aliphatic carbocycles. The molecule has 0 heterocycles. The molecule has 0 aliphatic heterocycles. The number of phenols is 1. The normalized spacial score (nSPS) is 10.2. The van der Waals surface area contributed by atoms with E-state index >= 15 is 0 Å². The van der Waals surface area contributed by atoms with E-state index in [1.54, 1.807) is 19.1 Å². The SMILES string of the molecule is Cc1ccc(Br)c(O)c1C(=O)CCN. The molecule has 0 amide bonds. The summed E-state index contributed by atoms with van der Waals surface area (Å²) >= 11 is 3.17. The second kappa shape index (κ2) is 4.57. The molecule has 76 valence electrons. The highest BCUT2D eigenvalue weighted by molar-refractivity contribution is 9.10. The van der Waals surface area contributed by atoms with Gasteiger partial charge in [-0.3, -0.25) is 4.79 Å². The van der Waals surface area contributed by atoms with Crippen LogP contribution in [0, 0.1) is 6.92 Å². The number of carbonyl (C=O) groups excluding carboxylic acids is 1.